The first-order valence-corrected chi connectivity index (χ1v) is 6.37. The average Bonchev–Trinajstić information content (AvgIpc) is 2.20. The summed E-state index contributed by atoms with van der Waals surface area (Å²) >= 11 is 0. The summed E-state index contributed by atoms with van der Waals surface area (Å²) < 4.78 is 0. The van der Waals surface area contributed by atoms with Crippen LogP contribution < -0.4 is 0 Å². The molecular weight excluding hydrogens is 216 g/mol. The van der Waals surface area contributed by atoms with Crippen LogP contribution in [0.25, 0.3) is 0 Å². The molecule has 100 valence electrons. The minimum atomic E-state index is -0.703. The van der Waals surface area contributed by atoms with E-state index in [9.17, 15) is 4.79 Å². The van der Waals surface area contributed by atoms with Crippen LogP contribution in [0.1, 0.15) is 60.3 Å². The number of hydrogen-bond donors (Lipinski definition) is 1. The first-order chi connectivity index (χ1) is 7.72. The summed E-state index contributed by atoms with van der Waals surface area (Å²) in [5.74, 6) is -0.938. The van der Waals surface area contributed by atoms with Crippen molar-refractivity contribution in [2.45, 2.75) is 71.9 Å². The second-order valence-electron chi connectivity index (χ2n) is 5.76. The Morgan fingerprint density at radius 1 is 1.18 bits per heavy atom. The number of carboxylic acids is 1. The van der Waals surface area contributed by atoms with E-state index < -0.39 is 5.97 Å². The quantitative estimate of drug-likeness (QED) is 0.543. The van der Waals surface area contributed by atoms with Gasteiger partial charge in [-0.05, 0) is 40.5 Å². The molecule has 0 rings (SSSR count). The van der Waals surface area contributed by atoms with E-state index >= 15 is 0 Å². The average molecular weight is 242 g/mol. The molecule has 0 aliphatic heterocycles. The number of carboxylic acid groups (broad SMARTS) is 1. The minimum absolute atomic E-state index is 0.105. The summed E-state index contributed by atoms with van der Waals surface area (Å²) in [6.07, 6.45) is 3.69. The molecule has 0 saturated carbocycles. The Balaban J connectivity index is 3.69. The molecule has 4 heteroatoms. The number of unbranched alkanes of at least 4 members (excludes halogenated alkanes) is 1. The molecule has 1 N–H and O–H groups in total. The van der Waals surface area contributed by atoms with Crippen molar-refractivity contribution in [2.75, 3.05) is 0 Å². The van der Waals surface area contributed by atoms with Gasteiger partial charge >= 0.3 is 5.97 Å². The third kappa shape index (κ3) is 9.97. The van der Waals surface area contributed by atoms with E-state index in [4.69, 9.17) is 5.11 Å². The van der Waals surface area contributed by atoms with Gasteiger partial charge in [-0.1, -0.05) is 19.8 Å². The van der Waals surface area contributed by atoms with Crippen molar-refractivity contribution in [3.63, 3.8) is 0 Å². The summed E-state index contributed by atoms with van der Waals surface area (Å²) in [4.78, 5) is 10.6. The van der Waals surface area contributed by atoms with E-state index in [1.165, 1.54) is 0 Å². The number of nitrogens with zero attached hydrogens (tertiary/aromatic N) is 2. The highest BCUT2D eigenvalue weighted by Gasteiger charge is 2.11. The van der Waals surface area contributed by atoms with E-state index in [-0.39, 0.29) is 17.5 Å². The zero-order valence-electron chi connectivity index (χ0n) is 11.7. The van der Waals surface area contributed by atoms with Gasteiger partial charge in [0.2, 0.25) is 0 Å². The SMILES string of the molecule is CC(CCCCC(C)C(=O)O)/N=N/C(C)(C)C. The Morgan fingerprint density at radius 3 is 2.18 bits per heavy atom. The first kappa shape index (κ1) is 16.1. The topological polar surface area (TPSA) is 62.0 Å². The summed E-state index contributed by atoms with van der Waals surface area (Å²) in [7, 11) is 0. The van der Waals surface area contributed by atoms with E-state index in [1.807, 2.05) is 20.8 Å². The summed E-state index contributed by atoms with van der Waals surface area (Å²) in [6, 6.07) is 0.231. The molecule has 0 fully saturated rings. The maximum absolute atomic E-state index is 10.6. The third-order valence-corrected chi connectivity index (χ3v) is 2.49. The Bertz CT molecular complexity index is 257. The smallest absolute Gasteiger partial charge is 0.306 e. The lowest BCUT2D eigenvalue weighted by atomic mass is 10.0. The maximum Gasteiger partial charge on any atom is 0.306 e. The molecule has 0 spiro atoms. The standard InChI is InChI=1S/C13H26N2O2/c1-10(12(16)17)8-6-7-9-11(2)14-15-13(3,4)5/h10-11H,6-9H2,1-5H3,(H,16,17)/b15-14+. The maximum atomic E-state index is 10.6. The largest absolute Gasteiger partial charge is 0.481 e. The third-order valence-electron chi connectivity index (χ3n) is 2.49. The van der Waals surface area contributed by atoms with Crippen LogP contribution in [0.3, 0.4) is 0 Å². The van der Waals surface area contributed by atoms with Crippen molar-refractivity contribution in [1.82, 2.24) is 0 Å². The molecule has 0 amide bonds. The molecule has 0 radical (unpaired) electrons. The van der Waals surface area contributed by atoms with Gasteiger partial charge in [0.15, 0.2) is 0 Å². The van der Waals surface area contributed by atoms with Crippen LogP contribution in [0.2, 0.25) is 0 Å². The molecule has 17 heavy (non-hydrogen) atoms. The molecule has 0 bridgehead atoms. The molecule has 2 atom stereocenters. The van der Waals surface area contributed by atoms with Crippen molar-refractivity contribution in [2.24, 2.45) is 16.1 Å². The number of carbonyl (C=O) groups is 1. The Morgan fingerprint density at radius 2 is 1.71 bits per heavy atom. The predicted octanol–water partition coefficient (Wildman–Crippen LogP) is 3.91. The van der Waals surface area contributed by atoms with Crippen LogP contribution >= 0.6 is 0 Å². The van der Waals surface area contributed by atoms with Gasteiger partial charge in [0.25, 0.3) is 0 Å². The minimum Gasteiger partial charge on any atom is -0.481 e. The van der Waals surface area contributed by atoms with E-state index in [0.29, 0.717) is 0 Å². The number of hydrogen-bond acceptors (Lipinski definition) is 3. The number of azo groups is 1. The molecule has 4 nitrogen and oxygen atoms in total. The zero-order chi connectivity index (χ0) is 13.5. The molecule has 0 heterocycles. The molecule has 0 aromatic carbocycles. The van der Waals surface area contributed by atoms with Crippen LogP contribution in [-0.2, 0) is 4.79 Å². The normalized spacial score (nSPS) is 16.1. The predicted molar refractivity (Wildman–Crippen MR) is 69.3 cm³/mol. The van der Waals surface area contributed by atoms with Gasteiger partial charge in [0.1, 0.15) is 0 Å². The van der Waals surface area contributed by atoms with E-state index in [0.717, 1.165) is 25.7 Å². The second kappa shape index (κ2) is 7.41. The highest BCUT2D eigenvalue weighted by molar-refractivity contribution is 5.69. The summed E-state index contributed by atoms with van der Waals surface area (Å²) in [6.45, 7) is 9.88. The lowest BCUT2D eigenvalue weighted by molar-refractivity contribution is -0.141. The molecule has 0 aromatic rings. The summed E-state index contributed by atoms with van der Waals surface area (Å²) in [5.41, 5.74) is -0.105. The van der Waals surface area contributed by atoms with Crippen LogP contribution in [-0.4, -0.2) is 22.7 Å². The molecule has 0 aliphatic carbocycles. The fourth-order valence-electron chi connectivity index (χ4n) is 1.34. The van der Waals surface area contributed by atoms with Crippen LogP contribution in [0.5, 0.6) is 0 Å². The van der Waals surface area contributed by atoms with Gasteiger partial charge in [-0.2, -0.15) is 10.2 Å². The van der Waals surface area contributed by atoms with Crippen molar-refractivity contribution in [1.29, 1.82) is 0 Å². The van der Waals surface area contributed by atoms with Crippen LogP contribution in [0.15, 0.2) is 10.2 Å². The zero-order valence-corrected chi connectivity index (χ0v) is 11.7. The van der Waals surface area contributed by atoms with E-state index in [2.05, 4.69) is 17.2 Å². The highest BCUT2D eigenvalue weighted by Crippen LogP contribution is 2.14. The molecule has 0 saturated heterocycles. The lowest BCUT2D eigenvalue weighted by Gasteiger charge is -2.12. The molecule has 0 aliphatic rings. The lowest BCUT2D eigenvalue weighted by Crippen LogP contribution is -2.10. The summed E-state index contributed by atoms with van der Waals surface area (Å²) in [5, 5.41) is 17.2. The molecular formula is C13H26N2O2. The highest BCUT2D eigenvalue weighted by atomic mass is 16.4. The fraction of sp³-hybridized carbons (Fsp3) is 0.923. The molecule has 2 unspecified atom stereocenters. The van der Waals surface area contributed by atoms with Crippen LogP contribution in [0.4, 0.5) is 0 Å². The van der Waals surface area contributed by atoms with Crippen molar-refractivity contribution < 1.29 is 9.90 Å². The Kier molecular flexibility index (Phi) is 7.00. The molecule has 0 aromatic heterocycles. The van der Waals surface area contributed by atoms with Gasteiger partial charge in [0.05, 0.1) is 17.5 Å². The number of aliphatic carboxylic acids is 1. The van der Waals surface area contributed by atoms with E-state index in [1.54, 1.807) is 6.92 Å². The van der Waals surface area contributed by atoms with Gasteiger partial charge in [-0.15, -0.1) is 0 Å². The van der Waals surface area contributed by atoms with Gasteiger partial charge in [-0.3, -0.25) is 4.79 Å². The van der Waals surface area contributed by atoms with Crippen molar-refractivity contribution in [3.8, 4) is 0 Å². The first-order valence-electron chi connectivity index (χ1n) is 6.37. The van der Waals surface area contributed by atoms with Gasteiger partial charge in [-0.25, -0.2) is 0 Å². The number of rotatable bonds is 7. The Hall–Kier alpha value is -0.930. The second-order valence-corrected chi connectivity index (χ2v) is 5.76. The van der Waals surface area contributed by atoms with Crippen molar-refractivity contribution >= 4 is 5.97 Å². The fourth-order valence-corrected chi connectivity index (χ4v) is 1.34. The van der Waals surface area contributed by atoms with Gasteiger partial charge < -0.3 is 5.11 Å². The Labute approximate surface area is 105 Å². The van der Waals surface area contributed by atoms with Crippen LogP contribution in [0, 0.1) is 5.92 Å². The van der Waals surface area contributed by atoms with Crippen molar-refractivity contribution in [3.05, 3.63) is 0 Å². The monoisotopic (exact) mass is 242 g/mol. The van der Waals surface area contributed by atoms with Gasteiger partial charge in [0, 0.05) is 0 Å².